The van der Waals surface area contributed by atoms with Crippen molar-refractivity contribution < 1.29 is 9.59 Å². The first-order chi connectivity index (χ1) is 13.1. The monoisotopic (exact) mass is 377 g/mol. The first kappa shape index (κ1) is 17.4. The quantitative estimate of drug-likeness (QED) is 0.742. The molecule has 0 bridgehead atoms. The summed E-state index contributed by atoms with van der Waals surface area (Å²) in [5.41, 5.74) is 1.94. The van der Waals surface area contributed by atoms with Crippen molar-refractivity contribution in [2.45, 2.75) is 19.4 Å². The summed E-state index contributed by atoms with van der Waals surface area (Å²) >= 11 is 1.56. The van der Waals surface area contributed by atoms with Crippen LogP contribution < -0.4 is 10.2 Å². The molecule has 1 aliphatic rings. The lowest BCUT2D eigenvalue weighted by Gasteiger charge is -2.27. The van der Waals surface area contributed by atoms with E-state index >= 15 is 0 Å². The molecule has 6 heteroatoms. The van der Waals surface area contributed by atoms with Crippen LogP contribution in [0.15, 0.2) is 66.2 Å². The minimum absolute atomic E-state index is 0.0431. The van der Waals surface area contributed by atoms with E-state index in [0.717, 1.165) is 16.1 Å². The van der Waals surface area contributed by atoms with Crippen molar-refractivity contribution in [3.8, 4) is 0 Å². The molecule has 1 saturated heterocycles. The molecular weight excluding hydrogens is 358 g/mol. The number of aryl methyl sites for hydroxylation is 1. The second-order valence-corrected chi connectivity index (χ2v) is 7.55. The van der Waals surface area contributed by atoms with E-state index in [1.54, 1.807) is 34.6 Å². The summed E-state index contributed by atoms with van der Waals surface area (Å²) in [5.74, 6) is -0.207. The van der Waals surface area contributed by atoms with Crippen LogP contribution in [0.4, 0.5) is 11.5 Å². The van der Waals surface area contributed by atoms with E-state index in [-0.39, 0.29) is 24.3 Å². The van der Waals surface area contributed by atoms with Crippen molar-refractivity contribution in [1.29, 1.82) is 0 Å². The average Bonchev–Trinajstić information content (AvgIpc) is 3.31. The van der Waals surface area contributed by atoms with Crippen LogP contribution in [0.5, 0.6) is 0 Å². The summed E-state index contributed by atoms with van der Waals surface area (Å²) in [5, 5.41) is 4.82. The number of hydrogen-bond donors (Lipinski definition) is 1. The van der Waals surface area contributed by atoms with Gasteiger partial charge in [0.05, 0.1) is 12.0 Å². The molecule has 0 saturated carbocycles. The zero-order valence-electron chi connectivity index (χ0n) is 14.8. The molecule has 2 atom stereocenters. The summed E-state index contributed by atoms with van der Waals surface area (Å²) in [6, 6.07) is 16.8. The molecule has 1 aliphatic heterocycles. The number of carbonyl (C=O) groups excluding carboxylic acids is 2. The van der Waals surface area contributed by atoms with Crippen molar-refractivity contribution in [1.82, 2.24) is 4.98 Å². The molecule has 136 valence electrons. The van der Waals surface area contributed by atoms with E-state index in [9.17, 15) is 9.59 Å². The van der Waals surface area contributed by atoms with Gasteiger partial charge in [0.2, 0.25) is 11.8 Å². The molecule has 0 radical (unpaired) electrons. The Kier molecular flexibility index (Phi) is 4.73. The zero-order chi connectivity index (χ0) is 18.8. The predicted molar refractivity (Wildman–Crippen MR) is 107 cm³/mol. The molecule has 3 aromatic rings. The molecule has 3 heterocycles. The Hall–Kier alpha value is -2.99. The van der Waals surface area contributed by atoms with Gasteiger partial charge in [0.15, 0.2) is 0 Å². The maximum Gasteiger partial charge on any atom is 0.231 e. The van der Waals surface area contributed by atoms with Gasteiger partial charge in [-0.15, -0.1) is 11.3 Å². The van der Waals surface area contributed by atoms with Crippen LogP contribution in [0.2, 0.25) is 0 Å². The number of benzene rings is 1. The number of rotatable bonds is 4. The number of carbonyl (C=O) groups is 2. The predicted octanol–water partition coefficient (Wildman–Crippen LogP) is 4.18. The van der Waals surface area contributed by atoms with E-state index in [2.05, 4.69) is 10.3 Å². The van der Waals surface area contributed by atoms with Crippen LogP contribution in [0.3, 0.4) is 0 Å². The lowest BCUT2D eigenvalue weighted by Crippen LogP contribution is -2.32. The summed E-state index contributed by atoms with van der Waals surface area (Å²) in [6.07, 6.45) is 1.81. The van der Waals surface area contributed by atoms with Gasteiger partial charge in [-0.2, -0.15) is 0 Å². The van der Waals surface area contributed by atoms with Gasteiger partial charge in [0, 0.05) is 23.2 Å². The van der Waals surface area contributed by atoms with Crippen molar-refractivity contribution in [3.63, 3.8) is 0 Å². The van der Waals surface area contributed by atoms with Crippen molar-refractivity contribution in [2.24, 2.45) is 5.92 Å². The molecule has 0 unspecified atom stereocenters. The summed E-state index contributed by atoms with van der Waals surface area (Å²) in [4.78, 5) is 32.8. The SMILES string of the molecule is Cc1ccc(N2C(=O)C[C@@H](C(=O)Nc3ccccn3)[C@@H]2c2cccs2)cc1. The highest BCUT2D eigenvalue weighted by Crippen LogP contribution is 2.43. The van der Waals surface area contributed by atoms with Gasteiger partial charge in [-0.25, -0.2) is 4.98 Å². The Morgan fingerprint density at radius 2 is 1.96 bits per heavy atom. The van der Waals surface area contributed by atoms with E-state index in [1.807, 2.05) is 54.8 Å². The molecule has 2 amide bonds. The number of pyridine rings is 1. The highest BCUT2D eigenvalue weighted by atomic mass is 32.1. The smallest absolute Gasteiger partial charge is 0.231 e. The Morgan fingerprint density at radius 3 is 2.63 bits per heavy atom. The lowest BCUT2D eigenvalue weighted by atomic mass is 9.97. The van der Waals surface area contributed by atoms with Crippen molar-refractivity contribution in [3.05, 3.63) is 76.6 Å². The number of hydrogen-bond acceptors (Lipinski definition) is 4. The van der Waals surface area contributed by atoms with E-state index in [1.165, 1.54) is 0 Å². The molecule has 5 nitrogen and oxygen atoms in total. The van der Waals surface area contributed by atoms with Crippen molar-refractivity contribution >= 4 is 34.7 Å². The van der Waals surface area contributed by atoms with Gasteiger partial charge in [-0.05, 0) is 42.6 Å². The largest absolute Gasteiger partial charge is 0.310 e. The van der Waals surface area contributed by atoms with Crippen LogP contribution in [0, 0.1) is 12.8 Å². The number of nitrogens with zero attached hydrogens (tertiary/aromatic N) is 2. The van der Waals surface area contributed by atoms with Gasteiger partial charge < -0.3 is 10.2 Å². The van der Waals surface area contributed by atoms with E-state index in [0.29, 0.717) is 5.82 Å². The zero-order valence-corrected chi connectivity index (χ0v) is 15.6. The number of nitrogens with one attached hydrogen (secondary N) is 1. The number of amides is 2. The Labute approximate surface area is 161 Å². The van der Waals surface area contributed by atoms with Crippen LogP contribution >= 0.6 is 11.3 Å². The normalized spacial score (nSPS) is 19.3. The standard InChI is InChI=1S/C21H19N3O2S/c1-14-7-9-15(10-8-14)24-19(25)13-16(20(24)17-5-4-12-27-17)21(26)23-18-6-2-3-11-22-18/h2-12,16,20H,13H2,1H3,(H,22,23,26)/t16-,20-/m1/s1. The van der Waals surface area contributed by atoms with Crippen molar-refractivity contribution in [2.75, 3.05) is 10.2 Å². The maximum absolute atomic E-state index is 13.0. The Bertz CT molecular complexity index is 939. The minimum atomic E-state index is -0.473. The number of thiophene rings is 1. The summed E-state index contributed by atoms with van der Waals surface area (Å²) in [7, 11) is 0. The Balaban J connectivity index is 1.68. The molecule has 1 fully saturated rings. The molecule has 0 aliphatic carbocycles. The molecule has 4 rings (SSSR count). The third-order valence-corrected chi connectivity index (χ3v) is 5.67. The fourth-order valence-corrected chi connectivity index (χ4v) is 4.30. The molecule has 1 aromatic carbocycles. The fourth-order valence-electron chi connectivity index (χ4n) is 3.42. The second-order valence-electron chi connectivity index (χ2n) is 6.57. The third kappa shape index (κ3) is 3.48. The first-order valence-corrected chi connectivity index (χ1v) is 9.65. The first-order valence-electron chi connectivity index (χ1n) is 8.77. The Morgan fingerprint density at radius 1 is 1.15 bits per heavy atom. The molecule has 2 aromatic heterocycles. The highest BCUT2D eigenvalue weighted by molar-refractivity contribution is 7.10. The van der Waals surface area contributed by atoms with Gasteiger partial charge in [0.25, 0.3) is 0 Å². The average molecular weight is 377 g/mol. The van der Waals surface area contributed by atoms with Gasteiger partial charge in [-0.1, -0.05) is 29.8 Å². The molecule has 27 heavy (non-hydrogen) atoms. The number of aromatic nitrogens is 1. The number of anilines is 2. The second kappa shape index (κ2) is 7.32. The third-order valence-electron chi connectivity index (χ3n) is 4.72. The lowest BCUT2D eigenvalue weighted by molar-refractivity contribution is -0.122. The fraction of sp³-hybridized carbons (Fsp3) is 0.190. The van der Waals surface area contributed by atoms with E-state index in [4.69, 9.17) is 0 Å². The van der Waals surface area contributed by atoms with Crippen LogP contribution in [0.25, 0.3) is 0 Å². The van der Waals surface area contributed by atoms with E-state index < -0.39 is 5.92 Å². The van der Waals surface area contributed by atoms with Gasteiger partial charge in [0.1, 0.15) is 5.82 Å². The summed E-state index contributed by atoms with van der Waals surface area (Å²) in [6.45, 7) is 2.01. The maximum atomic E-state index is 13.0. The van der Waals surface area contributed by atoms with Gasteiger partial charge in [-0.3, -0.25) is 9.59 Å². The van der Waals surface area contributed by atoms with Gasteiger partial charge >= 0.3 is 0 Å². The molecule has 1 N–H and O–H groups in total. The van der Waals surface area contributed by atoms with Crippen LogP contribution in [-0.2, 0) is 9.59 Å². The van der Waals surface area contributed by atoms with Crippen LogP contribution in [0.1, 0.15) is 22.9 Å². The highest BCUT2D eigenvalue weighted by Gasteiger charge is 2.45. The topological polar surface area (TPSA) is 62.3 Å². The summed E-state index contributed by atoms with van der Waals surface area (Å²) < 4.78 is 0. The molecule has 0 spiro atoms. The van der Waals surface area contributed by atoms with Crippen LogP contribution in [-0.4, -0.2) is 16.8 Å². The molecular formula is C21H19N3O2S. The minimum Gasteiger partial charge on any atom is -0.310 e.